The maximum atomic E-state index is 12.0. The lowest BCUT2D eigenvalue weighted by Gasteiger charge is -1.98. The van der Waals surface area contributed by atoms with Gasteiger partial charge in [-0.1, -0.05) is 35.5 Å². The molecule has 0 spiro atoms. The second-order valence-corrected chi connectivity index (χ2v) is 4.90. The summed E-state index contributed by atoms with van der Waals surface area (Å²) >= 11 is 0. The number of benzene rings is 1. The summed E-state index contributed by atoms with van der Waals surface area (Å²) in [6, 6.07) is 9.25. The number of carbonyl (C=O) groups is 1. The Balaban J connectivity index is 1.57. The van der Waals surface area contributed by atoms with E-state index in [4.69, 9.17) is 9.26 Å². The van der Waals surface area contributed by atoms with Gasteiger partial charge in [-0.25, -0.2) is 0 Å². The highest BCUT2D eigenvalue weighted by Crippen LogP contribution is 2.22. The second kappa shape index (κ2) is 5.96. The second-order valence-electron chi connectivity index (χ2n) is 4.90. The summed E-state index contributed by atoms with van der Waals surface area (Å²) in [5.41, 5.74) is 0.719. The van der Waals surface area contributed by atoms with Crippen molar-refractivity contribution in [3.05, 3.63) is 47.6 Å². The van der Waals surface area contributed by atoms with Crippen LogP contribution in [-0.4, -0.2) is 29.1 Å². The summed E-state index contributed by atoms with van der Waals surface area (Å²) in [6.07, 6.45) is 1.79. The molecule has 2 heterocycles. The number of ketones is 1. The van der Waals surface area contributed by atoms with Crippen molar-refractivity contribution < 1.29 is 14.1 Å². The zero-order valence-corrected chi connectivity index (χ0v) is 11.1. The van der Waals surface area contributed by atoms with Gasteiger partial charge >= 0.3 is 0 Å². The molecule has 1 aliphatic rings. The molecule has 1 atom stereocenters. The third-order valence-corrected chi connectivity index (χ3v) is 3.44. The third-order valence-electron chi connectivity index (χ3n) is 3.44. The summed E-state index contributed by atoms with van der Waals surface area (Å²) in [4.78, 5) is 16.3. The molecule has 1 aliphatic heterocycles. The molecule has 2 aromatic rings. The van der Waals surface area contributed by atoms with Crippen molar-refractivity contribution in [2.45, 2.75) is 25.2 Å². The molecule has 0 saturated carbocycles. The number of Topliss-reactive ketones (excluding diaryl/α,β-unsaturated/α-hetero) is 1. The monoisotopic (exact) mass is 272 g/mol. The van der Waals surface area contributed by atoms with Gasteiger partial charge in [-0.2, -0.15) is 4.98 Å². The van der Waals surface area contributed by atoms with Crippen molar-refractivity contribution in [1.29, 1.82) is 0 Å². The minimum absolute atomic E-state index is 0.0922. The van der Waals surface area contributed by atoms with Crippen molar-refractivity contribution in [3.63, 3.8) is 0 Å². The molecule has 0 aliphatic carbocycles. The SMILES string of the molecule is O=C(CCc1nc([C@H]2CCOC2)no1)c1ccccc1. The summed E-state index contributed by atoms with van der Waals surface area (Å²) in [7, 11) is 0. The van der Waals surface area contributed by atoms with Gasteiger partial charge < -0.3 is 9.26 Å². The molecule has 0 unspecified atom stereocenters. The van der Waals surface area contributed by atoms with Crippen LogP contribution in [0.2, 0.25) is 0 Å². The van der Waals surface area contributed by atoms with Crippen LogP contribution in [-0.2, 0) is 11.2 Å². The highest BCUT2D eigenvalue weighted by molar-refractivity contribution is 5.96. The summed E-state index contributed by atoms with van der Waals surface area (Å²) in [5.74, 6) is 1.55. The minimum atomic E-state index is 0.0922. The van der Waals surface area contributed by atoms with Gasteiger partial charge in [0.15, 0.2) is 11.6 Å². The van der Waals surface area contributed by atoms with E-state index in [1.54, 1.807) is 0 Å². The van der Waals surface area contributed by atoms with Crippen LogP contribution >= 0.6 is 0 Å². The molecule has 0 N–H and O–H groups in total. The molecule has 20 heavy (non-hydrogen) atoms. The zero-order chi connectivity index (χ0) is 13.8. The largest absolute Gasteiger partial charge is 0.381 e. The normalized spacial score (nSPS) is 18.3. The fourth-order valence-corrected chi connectivity index (χ4v) is 2.26. The lowest BCUT2D eigenvalue weighted by molar-refractivity contribution is 0.0979. The molecular formula is C15H16N2O3. The average Bonchev–Trinajstić information content (AvgIpc) is 3.16. The van der Waals surface area contributed by atoms with Crippen LogP contribution in [0.15, 0.2) is 34.9 Å². The fraction of sp³-hybridized carbons (Fsp3) is 0.400. The van der Waals surface area contributed by atoms with Gasteiger partial charge in [0.25, 0.3) is 0 Å². The van der Waals surface area contributed by atoms with E-state index in [0.717, 1.165) is 18.6 Å². The number of aromatic nitrogens is 2. The number of ether oxygens (including phenoxy) is 1. The molecule has 1 aromatic heterocycles. The van der Waals surface area contributed by atoms with E-state index >= 15 is 0 Å². The van der Waals surface area contributed by atoms with Gasteiger partial charge in [0.1, 0.15) is 0 Å². The highest BCUT2D eigenvalue weighted by atomic mass is 16.5. The molecule has 0 amide bonds. The average molecular weight is 272 g/mol. The molecule has 0 radical (unpaired) electrons. The third kappa shape index (κ3) is 2.93. The number of hydrogen-bond donors (Lipinski definition) is 0. The first kappa shape index (κ1) is 13.0. The van der Waals surface area contributed by atoms with Crippen LogP contribution in [0.5, 0.6) is 0 Å². The van der Waals surface area contributed by atoms with Crippen molar-refractivity contribution in [3.8, 4) is 0 Å². The Morgan fingerprint density at radius 3 is 2.90 bits per heavy atom. The van der Waals surface area contributed by atoms with Crippen molar-refractivity contribution >= 4 is 5.78 Å². The molecule has 5 nitrogen and oxygen atoms in total. The summed E-state index contributed by atoms with van der Waals surface area (Å²) < 4.78 is 10.5. The van der Waals surface area contributed by atoms with Crippen LogP contribution < -0.4 is 0 Å². The Morgan fingerprint density at radius 2 is 2.15 bits per heavy atom. The number of nitrogens with zero attached hydrogens (tertiary/aromatic N) is 2. The van der Waals surface area contributed by atoms with E-state index in [9.17, 15) is 4.79 Å². The molecule has 3 rings (SSSR count). The predicted octanol–water partition coefficient (Wildman–Crippen LogP) is 2.39. The molecule has 5 heteroatoms. The first-order valence-corrected chi connectivity index (χ1v) is 6.81. The van der Waals surface area contributed by atoms with E-state index < -0.39 is 0 Å². The quantitative estimate of drug-likeness (QED) is 0.782. The smallest absolute Gasteiger partial charge is 0.227 e. The van der Waals surface area contributed by atoms with E-state index in [0.29, 0.717) is 31.2 Å². The van der Waals surface area contributed by atoms with Gasteiger partial charge in [0, 0.05) is 30.9 Å². The van der Waals surface area contributed by atoms with Gasteiger partial charge in [0.2, 0.25) is 5.89 Å². The Labute approximate surface area is 116 Å². The maximum Gasteiger partial charge on any atom is 0.227 e. The number of aryl methyl sites for hydroxylation is 1. The van der Waals surface area contributed by atoms with Crippen LogP contribution in [0.3, 0.4) is 0 Å². The molecular weight excluding hydrogens is 256 g/mol. The lowest BCUT2D eigenvalue weighted by atomic mass is 10.1. The van der Waals surface area contributed by atoms with Gasteiger partial charge in [-0.3, -0.25) is 4.79 Å². The summed E-state index contributed by atoms with van der Waals surface area (Å²) in [6.45, 7) is 1.41. The molecule has 1 aromatic carbocycles. The zero-order valence-electron chi connectivity index (χ0n) is 11.1. The molecule has 0 bridgehead atoms. The van der Waals surface area contributed by atoms with E-state index in [2.05, 4.69) is 10.1 Å². The Bertz CT molecular complexity index is 574. The van der Waals surface area contributed by atoms with Gasteiger partial charge in [0.05, 0.1) is 6.61 Å². The van der Waals surface area contributed by atoms with Crippen molar-refractivity contribution in [2.75, 3.05) is 13.2 Å². The molecule has 1 fully saturated rings. The van der Waals surface area contributed by atoms with Crippen molar-refractivity contribution in [1.82, 2.24) is 10.1 Å². The lowest BCUT2D eigenvalue weighted by Crippen LogP contribution is -2.02. The van der Waals surface area contributed by atoms with Gasteiger partial charge in [-0.05, 0) is 6.42 Å². The van der Waals surface area contributed by atoms with Crippen LogP contribution in [0.4, 0.5) is 0 Å². The first-order chi connectivity index (χ1) is 9.83. The molecule has 1 saturated heterocycles. The van der Waals surface area contributed by atoms with Crippen LogP contribution in [0, 0.1) is 0 Å². The van der Waals surface area contributed by atoms with Gasteiger partial charge in [-0.15, -0.1) is 0 Å². The fourth-order valence-electron chi connectivity index (χ4n) is 2.26. The van der Waals surface area contributed by atoms with Crippen molar-refractivity contribution in [2.24, 2.45) is 0 Å². The Morgan fingerprint density at radius 1 is 1.30 bits per heavy atom. The Hall–Kier alpha value is -2.01. The van der Waals surface area contributed by atoms with E-state index in [-0.39, 0.29) is 11.7 Å². The topological polar surface area (TPSA) is 65.2 Å². The standard InChI is InChI=1S/C15H16N2O3/c18-13(11-4-2-1-3-5-11)6-7-14-16-15(17-20-14)12-8-9-19-10-12/h1-5,12H,6-10H2/t12-/m0/s1. The first-order valence-electron chi connectivity index (χ1n) is 6.81. The number of carbonyl (C=O) groups excluding carboxylic acids is 1. The maximum absolute atomic E-state index is 12.0. The predicted molar refractivity (Wildman–Crippen MR) is 71.6 cm³/mol. The minimum Gasteiger partial charge on any atom is -0.381 e. The van der Waals surface area contributed by atoms with E-state index in [1.165, 1.54) is 0 Å². The highest BCUT2D eigenvalue weighted by Gasteiger charge is 2.23. The molecule has 104 valence electrons. The number of rotatable bonds is 5. The van der Waals surface area contributed by atoms with Crippen LogP contribution in [0.25, 0.3) is 0 Å². The number of hydrogen-bond acceptors (Lipinski definition) is 5. The van der Waals surface area contributed by atoms with Crippen LogP contribution in [0.1, 0.15) is 40.8 Å². The summed E-state index contributed by atoms with van der Waals surface area (Å²) in [5, 5.41) is 3.97. The van der Waals surface area contributed by atoms with E-state index in [1.807, 2.05) is 30.3 Å². The Kier molecular flexibility index (Phi) is 3.87.